The van der Waals surface area contributed by atoms with Crippen LogP contribution in [0.3, 0.4) is 0 Å². The Morgan fingerprint density at radius 2 is 2.00 bits per heavy atom. The quantitative estimate of drug-likeness (QED) is 0.700. The van der Waals surface area contributed by atoms with Gasteiger partial charge in [-0.2, -0.15) is 0 Å². The van der Waals surface area contributed by atoms with Crippen molar-refractivity contribution in [1.82, 2.24) is 10.3 Å². The van der Waals surface area contributed by atoms with Gasteiger partial charge in [-0.25, -0.2) is 9.37 Å². The van der Waals surface area contributed by atoms with Gasteiger partial charge in [-0.3, -0.25) is 4.79 Å². The SMILES string of the molecule is O=C(/C=C/c1nc2ccccc2s1)NCC(O)c1ccccc1F. The first-order chi connectivity index (χ1) is 11.6. The molecule has 0 saturated carbocycles. The smallest absolute Gasteiger partial charge is 0.244 e. The van der Waals surface area contributed by atoms with E-state index < -0.39 is 11.9 Å². The summed E-state index contributed by atoms with van der Waals surface area (Å²) in [5.74, 6) is -0.867. The van der Waals surface area contributed by atoms with E-state index in [1.54, 1.807) is 18.2 Å². The van der Waals surface area contributed by atoms with E-state index in [2.05, 4.69) is 10.3 Å². The van der Waals surface area contributed by atoms with E-state index in [1.165, 1.54) is 29.5 Å². The molecule has 0 saturated heterocycles. The number of hydrogen-bond acceptors (Lipinski definition) is 4. The molecule has 122 valence electrons. The van der Waals surface area contributed by atoms with Gasteiger partial charge in [-0.1, -0.05) is 30.3 Å². The van der Waals surface area contributed by atoms with Crippen LogP contribution in [0.15, 0.2) is 54.6 Å². The average Bonchev–Trinajstić information content (AvgIpc) is 3.01. The lowest BCUT2D eigenvalue weighted by Gasteiger charge is -2.11. The van der Waals surface area contributed by atoms with Gasteiger partial charge in [0.25, 0.3) is 0 Å². The van der Waals surface area contributed by atoms with Crippen molar-refractivity contribution in [3.63, 3.8) is 0 Å². The molecule has 0 aliphatic rings. The molecule has 3 aromatic rings. The van der Waals surface area contributed by atoms with Crippen LogP contribution >= 0.6 is 11.3 Å². The summed E-state index contributed by atoms with van der Waals surface area (Å²) in [4.78, 5) is 16.2. The summed E-state index contributed by atoms with van der Waals surface area (Å²) in [5, 5.41) is 13.2. The molecule has 0 aliphatic heterocycles. The Kier molecular flexibility index (Phi) is 4.98. The van der Waals surface area contributed by atoms with Crippen LogP contribution in [-0.4, -0.2) is 22.5 Å². The van der Waals surface area contributed by atoms with Crippen LogP contribution < -0.4 is 5.32 Å². The molecule has 0 radical (unpaired) electrons. The number of nitrogens with one attached hydrogen (secondary N) is 1. The van der Waals surface area contributed by atoms with Crippen LogP contribution in [-0.2, 0) is 4.79 Å². The molecule has 1 amide bonds. The van der Waals surface area contributed by atoms with Gasteiger partial charge in [0.2, 0.25) is 5.91 Å². The highest BCUT2D eigenvalue weighted by molar-refractivity contribution is 7.19. The number of benzene rings is 2. The highest BCUT2D eigenvalue weighted by Gasteiger charge is 2.12. The molecule has 0 bridgehead atoms. The number of carbonyl (C=O) groups excluding carboxylic acids is 1. The Labute approximate surface area is 142 Å². The van der Waals surface area contributed by atoms with Crippen molar-refractivity contribution in [2.45, 2.75) is 6.10 Å². The molecule has 1 aromatic heterocycles. The van der Waals surface area contributed by atoms with Gasteiger partial charge >= 0.3 is 0 Å². The molecule has 1 atom stereocenters. The summed E-state index contributed by atoms with van der Waals surface area (Å²) in [7, 11) is 0. The zero-order valence-electron chi connectivity index (χ0n) is 12.6. The number of para-hydroxylation sites is 1. The van der Waals surface area contributed by atoms with Crippen molar-refractivity contribution >= 4 is 33.5 Å². The molecule has 2 aromatic carbocycles. The van der Waals surface area contributed by atoms with Gasteiger partial charge in [0.1, 0.15) is 10.8 Å². The number of nitrogens with zero attached hydrogens (tertiary/aromatic N) is 1. The number of thiazole rings is 1. The molecular formula is C18H15FN2O2S. The topological polar surface area (TPSA) is 62.2 Å². The minimum Gasteiger partial charge on any atom is -0.386 e. The van der Waals surface area contributed by atoms with E-state index in [9.17, 15) is 14.3 Å². The number of aliphatic hydroxyl groups is 1. The molecule has 0 aliphatic carbocycles. The fourth-order valence-electron chi connectivity index (χ4n) is 2.22. The van der Waals surface area contributed by atoms with Crippen molar-refractivity contribution in [3.8, 4) is 0 Å². The van der Waals surface area contributed by atoms with Gasteiger partial charge in [-0.15, -0.1) is 11.3 Å². The van der Waals surface area contributed by atoms with Crippen LogP contribution in [0.2, 0.25) is 0 Å². The van der Waals surface area contributed by atoms with Gasteiger partial charge < -0.3 is 10.4 Å². The summed E-state index contributed by atoms with van der Waals surface area (Å²) in [6.07, 6.45) is 1.88. The number of fused-ring (bicyclic) bond motifs is 1. The fourth-order valence-corrected chi connectivity index (χ4v) is 3.09. The molecule has 0 spiro atoms. The highest BCUT2D eigenvalue weighted by atomic mass is 32.1. The molecule has 6 heteroatoms. The molecule has 24 heavy (non-hydrogen) atoms. The average molecular weight is 342 g/mol. The number of hydrogen-bond donors (Lipinski definition) is 2. The van der Waals surface area contributed by atoms with Crippen LogP contribution in [0, 0.1) is 5.82 Å². The Bertz CT molecular complexity index is 858. The number of aromatic nitrogens is 1. The van der Waals surface area contributed by atoms with Crippen molar-refractivity contribution in [1.29, 1.82) is 0 Å². The zero-order chi connectivity index (χ0) is 16.9. The zero-order valence-corrected chi connectivity index (χ0v) is 13.5. The predicted molar refractivity (Wildman–Crippen MR) is 93.0 cm³/mol. The normalized spacial score (nSPS) is 12.6. The second-order valence-corrected chi connectivity index (χ2v) is 6.20. The minimum atomic E-state index is -1.09. The van der Waals surface area contributed by atoms with Crippen LogP contribution in [0.4, 0.5) is 4.39 Å². The monoisotopic (exact) mass is 342 g/mol. The summed E-state index contributed by atoms with van der Waals surface area (Å²) in [6.45, 7) is -0.0655. The second kappa shape index (κ2) is 7.33. The summed E-state index contributed by atoms with van der Waals surface area (Å²) >= 11 is 1.49. The van der Waals surface area contributed by atoms with Crippen molar-refractivity contribution in [2.24, 2.45) is 0 Å². The summed E-state index contributed by atoms with van der Waals surface area (Å²) in [6, 6.07) is 13.7. The van der Waals surface area contributed by atoms with Crippen LogP contribution in [0.25, 0.3) is 16.3 Å². The summed E-state index contributed by atoms with van der Waals surface area (Å²) in [5.41, 5.74) is 1.05. The standard InChI is InChI=1S/C18H15FN2O2S/c19-13-6-2-1-5-12(13)15(22)11-20-17(23)9-10-18-21-14-7-3-4-8-16(14)24-18/h1-10,15,22H,11H2,(H,20,23)/b10-9+. The largest absolute Gasteiger partial charge is 0.386 e. The Balaban J connectivity index is 1.58. The first kappa shape index (κ1) is 16.3. The lowest BCUT2D eigenvalue weighted by molar-refractivity contribution is -0.116. The predicted octanol–water partition coefficient (Wildman–Crippen LogP) is 3.30. The maximum atomic E-state index is 13.5. The van der Waals surface area contributed by atoms with E-state index in [0.717, 1.165) is 15.2 Å². The number of rotatable bonds is 5. The van der Waals surface area contributed by atoms with E-state index in [4.69, 9.17) is 0 Å². The number of aliphatic hydroxyl groups excluding tert-OH is 1. The highest BCUT2D eigenvalue weighted by Crippen LogP contribution is 2.22. The third kappa shape index (κ3) is 3.84. The Morgan fingerprint density at radius 1 is 1.25 bits per heavy atom. The third-order valence-electron chi connectivity index (χ3n) is 3.42. The molecule has 2 N–H and O–H groups in total. The number of amides is 1. The second-order valence-electron chi connectivity index (χ2n) is 5.14. The van der Waals surface area contributed by atoms with E-state index in [-0.39, 0.29) is 18.0 Å². The van der Waals surface area contributed by atoms with Crippen LogP contribution in [0.5, 0.6) is 0 Å². The summed E-state index contributed by atoms with van der Waals surface area (Å²) < 4.78 is 14.6. The first-order valence-corrected chi connectivity index (χ1v) is 8.19. The molecule has 1 unspecified atom stereocenters. The Morgan fingerprint density at radius 3 is 2.79 bits per heavy atom. The molecular weight excluding hydrogens is 327 g/mol. The van der Waals surface area contributed by atoms with Gasteiger partial charge in [-0.05, 0) is 24.3 Å². The lowest BCUT2D eigenvalue weighted by atomic mass is 10.1. The van der Waals surface area contributed by atoms with E-state index >= 15 is 0 Å². The number of halogens is 1. The van der Waals surface area contributed by atoms with Crippen molar-refractivity contribution < 1.29 is 14.3 Å². The van der Waals surface area contributed by atoms with Crippen molar-refractivity contribution in [3.05, 3.63) is 71.0 Å². The molecule has 4 nitrogen and oxygen atoms in total. The minimum absolute atomic E-state index is 0.0655. The van der Waals surface area contributed by atoms with Gasteiger partial charge in [0.05, 0.1) is 16.3 Å². The maximum Gasteiger partial charge on any atom is 0.244 e. The number of carbonyl (C=O) groups is 1. The molecule has 3 rings (SSSR count). The third-order valence-corrected chi connectivity index (χ3v) is 4.42. The first-order valence-electron chi connectivity index (χ1n) is 7.37. The van der Waals surface area contributed by atoms with Crippen molar-refractivity contribution in [2.75, 3.05) is 6.54 Å². The fraction of sp³-hybridized carbons (Fsp3) is 0.111. The Hall–Kier alpha value is -2.57. The van der Waals surface area contributed by atoms with E-state index in [0.29, 0.717) is 0 Å². The van der Waals surface area contributed by atoms with Crippen LogP contribution in [0.1, 0.15) is 16.7 Å². The van der Waals surface area contributed by atoms with E-state index in [1.807, 2.05) is 24.3 Å². The van der Waals surface area contributed by atoms with Gasteiger partial charge in [0.15, 0.2) is 0 Å². The maximum absolute atomic E-state index is 13.5. The van der Waals surface area contributed by atoms with Gasteiger partial charge in [0, 0.05) is 18.2 Å². The molecule has 0 fully saturated rings. The lowest BCUT2D eigenvalue weighted by Crippen LogP contribution is -2.27. The molecule has 1 heterocycles.